The lowest BCUT2D eigenvalue weighted by molar-refractivity contribution is -0.123. The van der Waals surface area contributed by atoms with E-state index in [0.717, 1.165) is 51.3 Å². The van der Waals surface area contributed by atoms with Gasteiger partial charge in [-0.25, -0.2) is 0 Å². The van der Waals surface area contributed by atoms with Crippen LogP contribution < -0.4 is 4.74 Å². The zero-order chi connectivity index (χ0) is 22.1. The number of imide groups is 1. The van der Waals surface area contributed by atoms with Gasteiger partial charge in [0.15, 0.2) is 0 Å². The Labute approximate surface area is 186 Å². The topological polar surface area (TPSA) is 51.5 Å². The van der Waals surface area contributed by atoms with Gasteiger partial charge in [0, 0.05) is 11.4 Å². The van der Waals surface area contributed by atoms with Crippen molar-refractivity contribution >= 4 is 29.0 Å². The monoisotopic (exact) mass is 432 g/mol. The zero-order valence-corrected chi connectivity index (χ0v) is 18.8. The number of aryl methyl sites for hydroxylation is 2. The quantitative estimate of drug-likeness (QED) is 0.489. The standard InChI is InChI=1S/C25H24N2O3S/c1-16-9-5-6-10-19(16)15-26-24(28)23(31-25(26)29)14-20-13-17(2)27(18(20)3)21-11-7-8-12-22(21)30-4/h5-14H,15H2,1-4H3/b23-14-. The maximum atomic E-state index is 13.0. The van der Waals surface area contributed by atoms with Crippen molar-refractivity contribution in [2.45, 2.75) is 27.3 Å². The van der Waals surface area contributed by atoms with E-state index in [1.807, 2.05) is 81.4 Å². The predicted octanol–water partition coefficient (Wildman–Crippen LogP) is 5.65. The van der Waals surface area contributed by atoms with E-state index < -0.39 is 0 Å². The van der Waals surface area contributed by atoms with E-state index in [0.29, 0.717) is 4.91 Å². The molecule has 0 bridgehead atoms. The number of para-hydroxylation sites is 2. The molecular weight excluding hydrogens is 408 g/mol. The highest BCUT2D eigenvalue weighted by Gasteiger charge is 2.35. The van der Waals surface area contributed by atoms with Gasteiger partial charge in [-0.15, -0.1) is 0 Å². The van der Waals surface area contributed by atoms with Crippen molar-refractivity contribution in [2.24, 2.45) is 0 Å². The van der Waals surface area contributed by atoms with Crippen LogP contribution in [0, 0.1) is 20.8 Å². The van der Waals surface area contributed by atoms with Crippen LogP contribution in [-0.4, -0.2) is 27.7 Å². The lowest BCUT2D eigenvalue weighted by Crippen LogP contribution is -2.27. The second kappa shape index (κ2) is 8.47. The molecule has 5 nitrogen and oxygen atoms in total. The van der Waals surface area contributed by atoms with Crippen LogP contribution in [0.3, 0.4) is 0 Å². The molecule has 1 aromatic heterocycles. The minimum atomic E-state index is -0.250. The average Bonchev–Trinajstić information content (AvgIpc) is 3.18. The summed E-state index contributed by atoms with van der Waals surface area (Å²) >= 11 is 0.994. The molecule has 31 heavy (non-hydrogen) atoms. The van der Waals surface area contributed by atoms with Gasteiger partial charge in [-0.3, -0.25) is 14.5 Å². The van der Waals surface area contributed by atoms with Crippen LogP contribution in [0.25, 0.3) is 11.8 Å². The highest BCUT2D eigenvalue weighted by molar-refractivity contribution is 8.18. The molecule has 0 saturated carbocycles. The summed E-state index contributed by atoms with van der Waals surface area (Å²) in [6.45, 7) is 6.29. The van der Waals surface area contributed by atoms with E-state index >= 15 is 0 Å². The summed E-state index contributed by atoms with van der Waals surface area (Å²) in [7, 11) is 1.65. The molecule has 0 radical (unpaired) electrons. The van der Waals surface area contributed by atoms with Gasteiger partial charge in [-0.05, 0) is 73.5 Å². The highest BCUT2D eigenvalue weighted by atomic mass is 32.2. The van der Waals surface area contributed by atoms with Gasteiger partial charge in [-0.2, -0.15) is 0 Å². The van der Waals surface area contributed by atoms with E-state index in [2.05, 4.69) is 4.57 Å². The van der Waals surface area contributed by atoms with Crippen molar-refractivity contribution in [3.05, 3.63) is 87.6 Å². The zero-order valence-electron chi connectivity index (χ0n) is 18.0. The Morgan fingerprint density at radius 2 is 1.71 bits per heavy atom. The molecule has 0 N–H and O–H groups in total. The van der Waals surface area contributed by atoms with E-state index in [1.54, 1.807) is 7.11 Å². The molecular formula is C25H24N2O3S. The molecule has 1 aliphatic heterocycles. The molecule has 1 aliphatic rings. The Balaban J connectivity index is 1.66. The first-order valence-corrected chi connectivity index (χ1v) is 10.8. The number of methoxy groups -OCH3 is 1. The number of amides is 2. The van der Waals surface area contributed by atoms with E-state index in [1.165, 1.54) is 4.90 Å². The van der Waals surface area contributed by atoms with Crippen LogP contribution in [-0.2, 0) is 11.3 Å². The number of aromatic nitrogens is 1. The van der Waals surface area contributed by atoms with Gasteiger partial charge < -0.3 is 9.30 Å². The third-order valence-electron chi connectivity index (χ3n) is 5.55. The van der Waals surface area contributed by atoms with Gasteiger partial charge in [0.25, 0.3) is 11.1 Å². The van der Waals surface area contributed by atoms with Crippen LogP contribution in [0.15, 0.2) is 59.5 Å². The number of rotatable bonds is 5. The smallest absolute Gasteiger partial charge is 0.293 e. The minimum absolute atomic E-state index is 0.238. The summed E-state index contributed by atoms with van der Waals surface area (Å²) in [5, 5.41) is -0.238. The second-order valence-corrected chi connectivity index (χ2v) is 8.52. The maximum Gasteiger partial charge on any atom is 0.293 e. The molecule has 2 amide bonds. The number of ether oxygens (including phenoxy) is 1. The molecule has 1 fully saturated rings. The normalized spacial score (nSPS) is 15.2. The lowest BCUT2D eigenvalue weighted by Gasteiger charge is -2.14. The first-order valence-electron chi connectivity index (χ1n) is 10.0. The number of carbonyl (C=O) groups is 2. The Bertz CT molecular complexity index is 1210. The molecule has 0 unspecified atom stereocenters. The molecule has 3 aromatic rings. The first-order chi connectivity index (χ1) is 14.9. The summed E-state index contributed by atoms with van der Waals surface area (Å²) < 4.78 is 7.62. The Morgan fingerprint density at radius 3 is 2.45 bits per heavy atom. The maximum absolute atomic E-state index is 13.0. The second-order valence-electron chi connectivity index (χ2n) is 7.53. The fourth-order valence-corrected chi connectivity index (χ4v) is 4.68. The van der Waals surface area contributed by atoms with Crippen LogP contribution in [0.4, 0.5) is 4.79 Å². The summed E-state index contributed by atoms with van der Waals surface area (Å²) in [5.74, 6) is 0.523. The molecule has 0 spiro atoms. The van der Waals surface area contributed by atoms with E-state index in [4.69, 9.17) is 4.74 Å². The largest absolute Gasteiger partial charge is 0.495 e. The van der Waals surface area contributed by atoms with Gasteiger partial charge in [0.1, 0.15) is 5.75 Å². The lowest BCUT2D eigenvalue weighted by atomic mass is 10.1. The van der Waals surface area contributed by atoms with Gasteiger partial charge in [0.05, 0.1) is 24.2 Å². The SMILES string of the molecule is COc1ccccc1-n1c(C)cc(/C=C2\SC(=O)N(Cc3ccccc3C)C2=O)c1C. The number of carbonyl (C=O) groups excluding carboxylic acids is 2. The Kier molecular flexibility index (Phi) is 5.74. The Hall–Kier alpha value is -3.25. The number of benzene rings is 2. The summed E-state index contributed by atoms with van der Waals surface area (Å²) in [6, 6.07) is 17.6. The van der Waals surface area contributed by atoms with Crippen molar-refractivity contribution in [3.8, 4) is 11.4 Å². The van der Waals surface area contributed by atoms with Crippen LogP contribution in [0.5, 0.6) is 5.75 Å². The van der Waals surface area contributed by atoms with Crippen molar-refractivity contribution in [3.63, 3.8) is 0 Å². The predicted molar refractivity (Wildman–Crippen MR) is 124 cm³/mol. The van der Waals surface area contributed by atoms with Crippen LogP contribution >= 0.6 is 11.8 Å². The van der Waals surface area contributed by atoms with Crippen molar-refractivity contribution in [2.75, 3.05) is 7.11 Å². The fraction of sp³-hybridized carbons (Fsp3) is 0.200. The first kappa shape index (κ1) is 21.0. The van der Waals surface area contributed by atoms with Crippen LogP contribution in [0.1, 0.15) is 28.1 Å². The molecule has 0 atom stereocenters. The molecule has 4 rings (SSSR count). The van der Waals surface area contributed by atoms with Gasteiger partial charge in [0.2, 0.25) is 0 Å². The number of nitrogens with zero attached hydrogens (tertiary/aromatic N) is 2. The molecule has 0 aliphatic carbocycles. The highest BCUT2D eigenvalue weighted by Crippen LogP contribution is 2.35. The molecule has 2 heterocycles. The third kappa shape index (κ3) is 3.91. The number of hydrogen-bond donors (Lipinski definition) is 0. The molecule has 2 aromatic carbocycles. The van der Waals surface area contributed by atoms with Gasteiger partial charge >= 0.3 is 0 Å². The van der Waals surface area contributed by atoms with Crippen molar-refractivity contribution < 1.29 is 14.3 Å². The Morgan fingerprint density at radius 1 is 1.00 bits per heavy atom. The summed E-state index contributed by atoms with van der Waals surface area (Å²) in [6.07, 6.45) is 1.82. The molecule has 1 saturated heterocycles. The van der Waals surface area contributed by atoms with E-state index in [9.17, 15) is 9.59 Å². The van der Waals surface area contributed by atoms with Crippen molar-refractivity contribution in [1.29, 1.82) is 0 Å². The van der Waals surface area contributed by atoms with Gasteiger partial charge in [-0.1, -0.05) is 36.4 Å². The van der Waals surface area contributed by atoms with E-state index in [-0.39, 0.29) is 17.7 Å². The summed E-state index contributed by atoms with van der Waals surface area (Å²) in [5.41, 5.74) is 5.88. The average molecular weight is 433 g/mol. The number of thioether (sulfide) groups is 1. The van der Waals surface area contributed by atoms with Crippen LogP contribution in [0.2, 0.25) is 0 Å². The molecule has 158 valence electrons. The number of hydrogen-bond acceptors (Lipinski definition) is 4. The third-order valence-corrected chi connectivity index (χ3v) is 6.45. The minimum Gasteiger partial charge on any atom is -0.495 e. The summed E-state index contributed by atoms with van der Waals surface area (Å²) in [4.78, 5) is 27.3. The fourth-order valence-electron chi connectivity index (χ4n) is 3.85. The molecule has 6 heteroatoms. The van der Waals surface area contributed by atoms with Crippen molar-refractivity contribution in [1.82, 2.24) is 9.47 Å².